The van der Waals surface area contributed by atoms with Gasteiger partial charge in [0, 0.05) is 36.3 Å². The van der Waals surface area contributed by atoms with Crippen molar-refractivity contribution in [1.82, 2.24) is 0 Å². The first-order valence-corrected chi connectivity index (χ1v) is 6.84. The van der Waals surface area contributed by atoms with E-state index >= 15 is 0 Å². The smallest absolute Gasteiger partial charge is 0.221 e. The van der Waals surface area contributed by atoms with Crippen LogP contribution >= 0.6 is 0 Å². The summed E-state index contributed by atoms with van der Waals surface area (Å²) in [4.78, 5) is 34.8. The Morgan fingerprint density at radius 1 is 0.727 bits per heavy atom. The third kappa shape index (κ3) is 2.37. The number of amides is 2. The summed E-state index contributed by atoms with van der Waals surface area (Å²) in [5.41, 5.74) is 3.97. The lowest BCUT2D eigenvalue weighted by Crippen LogP contribution is -2.07. The van der Waals surface area contributed by atoms with Crippen molar-refractivity contribution in [2.24, 2.45) is 0 Å². The highest BCUT2D eigenvalue weighted by molar-refractivity contribution is 6.22. The Morgan fingerprint density at radius 3 is 1.50 bits per heavy atom. The Labute approximate surface area is 127 Å². The van der Waals surface area contributed by atoms with Crippen LogP contribution in [0.25, 0.3) is 11.1 Å². The second-order valence-corrected chi connectivity index (χ2v) is 5.21. The van der Waals surface area contributed by atoms with Gasteiger partial charge in [-0.15, -0.1) is 0 Å². The quantitative estimate of drug-likeness (QED) is 0.763. The number of hydrogen-bond donors (Lipinski definition) is 2. The number of benzene rings is 2. The standard InChI is InChI=1S/C17H14N2O3/c1-9(20)18-11-3-5-13-14-6-4-12(19-10(2)21)8-16(14)17(22)15(13)7-11/h3-8H,1-2H3,(H,18,20)(H,19,21). The van der Waals surface area contributed by atoms with E-state index in [1.54, 1.807) is 24.3 Å². The summed E-state index contributed by atoms with van der Waals surface area (Å²) in [5, 5.41) is 5.34. The van der Waals surface area contributed by atoms with E-state index in [-0.39, 0.29) is 17.6 Å². The zero-order chi connectivity index (χ0) is 15.9. The number of hydrogen-bond acceptors (Lipinski definition) is 3. The summed E-state index contributed by atoms with van der Waals surface area (Å²) in [6, 6.07) is 10.5. The molecule has 0 fully saturated rings. The minimum absolute atomic E-state index is 0.107. The van der Waals surface area contributed by atoms with E-state index in [0.717, 1.165) is 11.1 Å². The van der Waals surface area contributed by atoms with Crippen molar-refractivity contribution in [3.05, 3.63) is 47.5 Å². The Balaban J connectivity index is 2.03. The van der Waals surface area contributed by atoms with E-state index in [2.05, 4.69) is 10.6 Å². The molecule has 0 saturated carbocycles. The monoisotopic (exact) mass is 294 g/mol. The van der Waals surface area contributed by atoms with Gasteiger partial charge in [0.25, 0.3) is 0 Å². The zero-order valence-electron chi connectivity index (χ0n) is 12.2. The van der Waals surface area contributed by atoms with Gasteiger partial charge in [0.05, 0.1) is 0 Å². The van der Waals surface area contributed by atoms with Crippen LogP contribution < -0.4 is 10.6 Å². The molecule has 0 unspecified atom stereocenters. The Bertz CT molecular complexity index is 757. The van der Waals surface area contributed by atoms with Crippen LogP contribution in [0.3, 0.4) is 0 Å². The van der Waals surface area contributed by atoms with E-state index in [0.29, 0.717) is 22.5 Å². The van der Waals surface area contributed by atoms with Crippen LogP contribution in [-0.2, 0) is 9.59 Å². The number of rotatable bonds is 2. The van der Waals surface area contributed by atoms with Crippen molar-refractivity contribution >= 4 is 29.0 Å². The van der Waals surface area contributed by atoms with Gasteiger partial charge in [-0.1, -0.05) is 12.1 Å². The van der Waals surface area contributed by atoms with E-state index in [4.69, 9.17) is 0 Å². The molecule has 5 heteroatoms. The number of carbonyl (C=O) groups is 3. The molecule has 110 valence electrons. The molecular weight excluding hydrogens is 280 g/mol. The van der Waals surface area contributed by atoms with Crippen LogP contribution in [-0.4, -0.2) is 17.6 Å². The van der Waals surface area contributed by atoms with Crippen molar-refractivity contribution < 1.29 is 14.4 Å². The maximum absolute atomic E-state index is 12.5. The van der Waals surface area contributed by atoms with Crippen molar-refractivity contribution in [3.63, 3.8) is 0 Å². The third-order valence-electron chi connectivity index (χ3n) is 3.46. The molecule has 0 aliphatic heterocycles. The largest absolute Gasteiger partial charge is 0.326 e. The maximum atomic E-state index is 12.5. The summed E-state index contributed by atoms with van der Waals surface area (Å²) < 4.78 is 0. The van der Waals surface area contributed by atoms with E-state index in [1.165, 1.54) is 13.8 Å². The van der Waals surface area contributed by atoms with Crippen LogP contribution in [0.1, 0.15) is 29.8 Å². The Hall–Kier alpha value is -2.95. The third-order valence-corrected chi connectivity index (χ3v) is 3.46. The minimum atomic E-state index is -0.184. The van der Waals surface area contributed by atoms with Gasteiger partial charge in [0.1, 0.15) is 0 Å². The van der Waals surface area contributed by atoms with Crippen LogP contribution in [0.15, 0.2) is 36.4 Å². The molecule has 5 nitrogen and oxygen atoms in total. The predicted molar refractivity (Wildman–Crippen MR) is 83.9 cm³/mol. The number of carbonyl (C=O) groups excluding carboxylic acids is 3. The van der Waals surface area contributed by atoms with E-state index < -0.39 is 0 Å². The molecule has 0 atom stereocenters. The fourth-order valence-electron chi connectivity index (χ4n) is 2.64. The van der Waals surface area contributed by atoms with Gasteiger partial charge in [0.2, 0.25) is 11.8 Å². The molecule has 2 aromatic rings. The summed E-state index contributed by atoms with van der Waals surface area (Å²) >= 11 is 0. The fourth-order valence-corrected chi connectivity index (χ4v) is 2.64. The van der Waals surface area contributed by atoms with E-state index in [9.17, 15) is 14.4 Å². The number of anilines is 2. The zero-order valence-corrected chi connectivity index (χ0v) is 12.2. The number of ketones is 1. The highest BCUT2D eigenvalue weighted by Gasteiger charge is 2.27. The average molecular weight is 294 g/mol. The molecule has 0 heterocycles. The first-order chi connectivity index (χ1) is 10.5. The van der Waals surface area contributed by atoms with Crippen molar-refractivity contribution in [2.45, 2.75) is 13.8 Å². The van der Waals surface area contributed by atoms with Gasteiger partial charge in [0.15, 0.2) is 5.78 Å². The molecule has 0 spiro atoms. The fraction of sp³-hybridized carbons (Fsp3) is 0.118. The van der Waals surface area contributed by atoms with Crippen molar-refractivity contribution in [2.75, 3.05) is 10.6 Å². The van der Waals surface area contributed by atoms with E-state index in [1.807, 2.05) is 12.1 Å². The molecule has 0 aromatic heterocycles. The van der Waals surface area contributed by atoms with Crippen molar-refractivity contribution in [1.29, 1.82) is 0 Å². The summed E-state index contributed by atoms with van der Waals surface area (Å²) in [6.45, 7) is 2.84. The van der Waals surface area contributed by atoms with Crippen LogP contribution in [0.5, 0.6) is 0 Å². The maximum Gasteiger partial charge on any atom is 0.221 e. The second-order valence-electron chi connectivity index (χ2n) is 5.21. The lowest BCUT2D eigenvalue weighted by molar-refractivity contribution is -0.115. The molecule has 0 saturated heterocycles. The molecule has 2 amide bonds. The van der Waals surface area contributed by atoms with Gasteiger partial charge < -0.3 is 10.6 Å². The first kappa shape index (κ1) is 14.0. The SMILES string of the molecule is CC(=O)Nc1ccc2c(c1)C(=O)c1cc(NC(C)=O)ccc1-2. The van der Waals surface area contributed by atoms with Crippen LogP contribution in [0.4, 0.5) is 11.4 Å². The number of nitrogens with one attached hydrogen (secondary N) is 2. The molecule has 2 N–H and O–H groups in total. The van der Waals surface area contributed by atoms with Gasteiger partial charge >= 0.3 is 0 Å². The molecule has 3 rings (SSSR count). The molecular formula is C17H14N2O3. The summed E-state index contributed by atoms with van der Waals surface area (Å²) in [7, 11) is 0. The second kappa shape index (κ2) is 5.11. The normalized spacial score (nSPS) is 11.6. The molecule has 1 aliphatic carbocycles. The van der Waals surface area contributed by atoms with Crippen LogP contribution in [0, 0.1) is 0 Å². The molecule has 22 heavy (non-hydrogen) atoms. The topological polar surface area (TPSA) is 75.3 Å². The lowest BCUT2D eigenvalue weighted by atomic mass is 10.0. The van der Waals surface area contributed by atoms with Gasteiger partial charge in [-0.3, -0.25) is 14.4 Å². The Kier molecular flexibility index (Phi) is 3.25. The number of fused-ring (bicyclic) bond motifs is 3. The average Bonchev–Trinajstić information content (AvgIpc) is 2.71. The van der Waals surface area contributed by atoms with Crippen LogP contribution in [0.2, 0.25) is 0 Å². The molecule has 2 aromatic carbocycles. The molecule has 0 radical (unpaired) electrons. The van der Waals surface area contributed by atoms with Gasteiger partial charge in [-0.25, -0.2) is 0 Å². The minimum Gasteiger partial charge on any atom is -0.326 e. The summed E-state index contributed by atoms with van der Waals surface area (Å²) in [6.07, 6.45) is 0. The molecule has 0 bridgehead atoms. The summed E-state index contributed by atoms with van der Waals surface area (Å²) in [5.74, 6) is -0.476. The van der Waals surface area contributed by atoms with Gasteiger partial charge in [-0.05, 0) is 35.4 Å². The first-order valence-electron chi connectivity index (χ1n) is 6.84. The highest BCUT2D eigenvalue weighted by atomic mass is 16.2. The molecule has 1 aliphatic rings. The highest BCUT2D eigenvalue weighted by Crippen LogP contribution is 2.39. The van der Waals surface area contributed by atoms with Gasteiger partial charge in [-0.2, -0.15) is 0 Å². The van der Waals surface area contributed by atoms with Crippen molar-refractivity contribution in [3.8, 4) is 11.1 Å². The predicted octanol–water partition coefficient (Wildman–Crippen LogP) is 2.81. The lowest BCUT2D eigenvalue weighted by Gasteiger charge is -2.05. The Morgan fingerprint density at radius 2 is 1.14 bits per heavy atom.